The number of aliphatic hydroxyl groups excluding tert-OH is 3. The van der Waals surface area contributed by atoms with Crippen molar-refractivity contribution in [2.45, 2.75) is 158 Å². The van der Waals surface area contributed by atoms with Crippen molar-refractivity contribution in [3.8, 4) is 0 Å². The maximum absolute atomic E-state index is 15.1. The third-order valence-electron chi connectivity index (χ3n) is 17.7. The Morgan fingerprint density at radius 1 is 0.758 bits per heavy atom. The zero-order chi connectivity index (χ0) is 69.5. The number of nitrogens with zero attached hydrogens (tertiary/aromatic N) is 2. The van der Waals surface area contributed by atoms with Gasteiger partial charge in [0.15, 0.2) is 11.6 Å². The Morgan fingerprint density at radius 2 is 1.44 bits per heavy atom. The summed E-state index contributed by atoms with van der Waals surface area (Å²) in [7, 11) is 0. The van der Waals surface area contributed by atoms with Gasteiger partial charge < -0.3 is 73.1 Å². The van der Waals surface area contributed by atoms with Crippen molar-refractivity contribution in [1.29, 1.82) is 0 Å². The number of carbonyl (C=O) groups excluding carboxylic acids is 14. The Hall–Kier alpha value is -8.26. The van der Waals surface area contributed by atoms with Crippen LogP contribution in [0.1, 0.15) is 97.6 Å². The van der Waals surface area contributed by atoms with Crippen LogP contribution in [0.5, 0.6) is 0 Å². The topological polar surface area (TPSA) is 430 Å². The number of aromatic amines is 1. The summed E-state index contributed by atoms with van der Waals surface area (Å²) in [5.74, 6) is -15.3. The normalized spacial score (nSPS) is 24.6. The number of para-hydroxylation sites is 1. The van der Waals surface area contributed by atoms with Crippen LogP contribution in [0.4, 0.5) is 5.69 Å². The van der Waals surface area contributed by atoms with E-state index in [1.807, 2.05) is 0 Å². The molecule has 1 aromatic heterocycles. The number of hydrogen-bond donors (Lipinski definition) is 13. The molecule has 3 aromatic rings. The van der Waals surface area contributed by atoms with E-state index in [4.69, 9.17) is 0 Å². The molecule has 12 amide bonds. The number of fused-ring (bicyclic) bond motifs is 5. The highest BCUT2D eigenvalue weighted by molar-refractivity contribution is 8.00. The minimum Gasteiger partial charge on any atom is -0.394 e. The number of Topliss-reactive ketones (excluding diaryl/α,β-unsaturated/α-hetero) is 2. The predicted octanol–water partition coefficient (Wildman–Crippen LogP) is -1.16. The maximum Gasteiger partial charge on any atom is 0.246 e. The van der Waals surface area contributed by atoms with Gasteiger partial charge in [0, 0.05) is 92.3 Å². The largest absolute Gasteiger partial charge is 0.394 e. The quantitative estimate of drug-likeness (QED) is 0.0629. The van der Waals surface area contributed by atoms with E-state index >= 15 is 9.59 Å². The first-order valence-corrected chi connectivity index (χ1v) is 34.0. The van der Waals surface area contributed by atoms with Gasteiger partial charge in [-0.1, -0.05) is 71.4 Å². The van der Waals surface area contributed by atoms with E-state index in [9.17, 15) is 72.9 Å². The van der Waals surface area contributed by atoms with Crippen molar-refractivity contribution in [3.05, 3.63) is 59.7 Å². The molecule has 7 rings (SSSR count). The van der Waals surface area contributed by atoms with E-state index in [0.29, 0.717) is 39.2 Å². The van der Waals surface area contributed by atoms with Gasteiger partial charge in [-0.3, -0.25) is 72.0 Å². The molecule has 2 saturated heterocycles. The van der Waals surface area contributed by atoms with Crippen molar-refractivity contribution in [2.75, 3.05) is 50.1 Å². The van der Waals surface area contributed by atoms with E-state index in [2.05, 4.69) is 52.8 Å². The van der Waals surface area contributed by atoms with Gasteiger partial charge >= 0.3 is 0 Å². The molecule has 4 aliphatic rings. The molecule has 13 N–H and O–H groups in total. The standard InChI is InChI=1S/C64H86N12O17S2/c1-8-32(4)55-60(90)67-26-51(84)70-43-30-95-62-41(40-11-9-10-12-42(40)71-62)19-36(58(88)66-27-52(85)73-55)20-46(80)56(33(5)47(81)29-77)74-59(89)44-23-39(78)28-76(44)63(92)37(21-45(43)79)22-50(83)65-25-35-13-15-38(16-14-35)69-57(87)34(6)68-61(91)54(31(2)3)72-49(82)17-18-75-53(86)24-48(94-7)64(75)93/h9-16,31-34,36-37,39,43-44,47-48,54-56,71,77-78,81H,8,17-30H2,1-7H3,(H,65,83)(H,66,88)(H,67,90)(H,68,91)(H,69,87)(H,70,84)(H,72,82)(H,73,85)(H,74,89)/t32-,33-,34-,36?,37-,39+,43-,44-,47-,48?,54-,55-,56-/m0/s1. The van der Waals surface area contributed by atoms with Crippen LogP contribution in [0.2, 0.25) is 0 Å². The summed E-state index contributed by atoms with van der Waals surface area (Å²) in [6.07, 6.45) is -3.64. The monoisotopic (exact) mass is 1360 g/mol. The highest BCUT2D eigenvalue weighted by Crippen LogP contribution is 2.35. The van der Waals surface area contributed by atoms with Crippen molar-refractivity contribution in [2.24, 2.45) is 29.6 Å². The van der Waals surface area contributed by atoms with Crippen molar-refractivity contribution >= 4 is 123 Å². The molecule has 2 aromatic carbocycles. The minimum atomic E-state index is -1.63. The maximum atomic E-state index is 15.1. The van der Waals surface area contributed by atoms with Gasteiger partial charge in [0.05, 0.1) is 60.2 Å². The van der Waals surface area contributed by atoms with Gasteiger partial charge in [0.25, 0.3) is 0 Å². The average molecular weight is 1360 g/mol. The number of amides is 12. The van der Waals surface area contributed by atoms with Crippen LogP contribution >= 0.6 is 23.5 Å². The molecule has 4 aliphatic heterocycles. The first-order chi connectivity index (χ1) is 45.1. The lowest BCUT2D eigenvalue weighted by Crippen LogP contribution is -2.56. The van der Waals surface area contributed by atoms with E-state index < -0.39 is 199 Å². The Morgan fingerprint density at radius 3 is 2.11 bits per heavy atom. The fourth-order valence-corrected chi connectivity index (χ4v) is 13.5. The number of ketones is 2. The number of rotatable bonds is 19. The molecule has 516 valence electrons. The summed E-state index contributed by atoms with van der Waals surface area (Å²) in [5.41, 5.74) is 1.86. The fourth-order valence-electron chi connectivity index (χ4n) is 11.7. The second-order valence-corrected chi connectivity index (χ2v) is 27.0. The number of likely N-dealkylation sites (tertiary alicyclic amines) is 1. The van der Waals surface area contributed by atoms with Gasteiger partial charge in [-0.25, -0.2) is 0 Å². The lowest BCUT2D eigenvalue weighted by Gasteiger charge is -2.32. The van der Waals surface area contributed by atoms with E-state index in [-0.39, 0.29) is 56.3 Å². The molecule has 13 atom stereocenters. The van der Waals surface area contributed by atoms with Crippen LogP contribution in [0, 0.1) is 29.6 Å². The molecule has 2 unspecified atom stereocenters. The third-order valence-corrected chi connectivity index (χ3v) is 19.7. The van der Waals surface area contributed by atoms with E-state index in [1.54, 1.807) is 70.3 Å². The van der Waals surface area contributed by atoms with Gasteiger partial charge in [-0.2, -0.15) is 11.8 Å². The summed E-state index contributed by atoms with van der Waals surface area (Å²) in [4.78, 5) is 200. The molecule has 2 fully saturated rings. The number of thioether (sulfide) groups is 2. The van der Waals surface area contributed by atoms with Crippen molar-refractivity contribution in [1.82, 2.24) is 57.3 Å². The zero-order valence-corrected chi connectivity index (χ0v) is 55.7. The van der Waals surface area contributed by atoms with Crippen LogP contribution in [-0.2, 0) is 80.1 Å². The molecule has 5 heterocycles. The average Bonchev–Trinajstić information content (AvgIpc) is 1.70. The summed E-state index contributed by atoms with van der Waals surface area (Å²) in [6, 6.07) is 5.19. The summed E-state index contributed by atoms with van der Waals surface area (Å²) >= 11 is 2.31. The first-order valence-electron chi connectivity index (χ1n) is 31.7. The van der Waals surface area contributed by atoms with Crippen LogP contribution in [0.15, 0.2) is 53.6 Å². The summed E-state index contributed by atoms with van der Waals surface area (Å²) in [5, 5.41) is 56.5. The number of H-pyrrole nitrogens is 1. The molecule has 0 saturated carbocycles. The van der Waals surface area contributed by atoms with Crippen LogP contribution in [0.25, 0.3) is 10.9 Å². The number of nitrogens with one attached hydrogen (secondary N) is 10. The number of imide groups is 1. The second-order valence-electron chi connectivity index (χ2n) is 25.0. The number of aliphatic hydroxyl groups is 3. The van der Waals surface area contributed by atoms with Crippen molar-refractivity contribution in [3.63, 3.8) is 0 Å². The van der Waals surface area contributed by atoms with E-state index in [0.717, 1.165) is 21.6 Å². The predicted molar refractivity (Wildman–Crippen MR) is 348 cm³/mol. The molecule has 95 heavy (non-hydrogen) atoms. The molecular formula is C64H86N12O17S2. The zero-order valence-electron chi connectivity index (χ0n) is 54.1. The van der Waals surface area contributed by atoms with Crippen molar-refractivity contribution < 1.29 is 82.4 Å². The first kappa shape index (κ1) is 74.1. The van der Waals surface area contributed by atoms with Gasteiger partial charge in [-0.05, 0) is 60.8 Å². The van der Waals surface area contributed by atoms with Crippen LogP contribution < -0.4 is 47.9 Å². The van der Waals surface area contributed by atoms with E-state index in [1.165, 1.54) is 37.7 Å². The lowest BCUT2D eigenvalue weighted by atomic mass is 9.85. The Balaban J connectivity index is 1.13. The van der Waals surface area contributed by atoms with Gasteiger partial charge in [-0.15, -0.1) is 11.8 Å². The molecule has 2 bridgehead atoms. The molecule has 31 heteroatoms. The molecule has 0 aliphatic carbocycles. The molecule has 0 spiro atoms. The number of anilines is 1. The smallest absolute Gasteiger partial charge is 0.246 e. The van der Waals surface area contributed by atoms with Crippen LogP contribution in [-0.4, -0.2) is 211 Å². The number of hydrogen-bond acceptors (Lipinski definition) is 19. The summed E-state index contributed by atoms with van der Waals surface area (Å²) in [6.45, 7) is 6.72. The Bertz CT molecular complexity index is 3400. The fraction of sp³-hybridized carbons (Fsp3) is 0.562. The Labute approximate surface area is 557 Å². The second kappa shape index (κ2) is 33.9. The number of benzene rings is 2. The molecule has 29 nitrogen and oxygen atoms in total. The minimum absolute atomic E-state index is 0.0439. The Kier molecular flexibility index (Phi) is 26.5. The number of carbonyl (C=O) groups is 14. The van der Waals surface area contributed by atoms with Crippen LogP contribution in [0.3, 0.4) is 0 Å². The highest BCUT2D eigenvalue weighted by atomic mass is 32.2. The molecule has 0 radical (unpaired) electrons. The number of aromatic nitrogens is 1. The van der Waals surface area contributed by atoms with Gasteiger partial charge in [0.1, 0.15) is 24.2 Å². The SMILES string of the molecule is CC[C@H](C)[C@@H]1NC(=O)CNC(=O)C2CC(=O)[C@H]([C@@H](C)[C@@H](O)CO)NC(=O)[C@@H]3C[C@@H](O)CN3C(=O)[C@H](CC(=O)NCc3ccc(NC(=O)[C@H](C)NC(=O)[C@@H](NC(=O)CCN4C(=O)CC(SC)C4=O)C(C)C)cc3)CC(=O)[C@H](CSc3[nH]c4ccccc4c3C2)NC(=O)CNC1=O. The molecular weight excluding hydrogens is 1270 g/mol. The van der Waals surface area contributed by atoms with Gasteiger partial charge in [0.2, 0.25) is 70.9 Å². The highest BCUT2D eigenvalue weighted by Gasteiger charge is 2.46. The lowest BCUT2D eigenvalue weighted by molar-refractivity contribution is -0.145. The summed E-state index contributed by atoms with van der Waals surface area (Å²) < 4.78 is 0. The third kappa shape index (κ3) is 19.5.